The quantitative estimate of drug-likeness (QED) is 0.740. The SMILES string of the molecule is CSc1ccc(-c2nnc(C(N)c3ccccc3)s2)cc1. The lowest BCUT2D eigenvalue weighted by atomic mass is 10.1. The first-order valence-corrected chi connectivity index (χ1v) is 8.60. The molecule has 0 fully saturated rings. The molecule has 1 heterocycles. The van der Waals surface area contributed by atoms with Crippen molar-refractivity contribution in [1.29, 1.82) is 0 Å². The Morgan fingerprint density at radius 2 is 1.71 bits per heavy atom. The molecule has 0 saturated heterocycles. The summed E-state index contributed by atoms with van der Waals surface area (Å²) in [5, 5.41) is 10.3. The van der Waals surface area contributed by atoms with Crippen LogP contribution in [0.3, 0.4) is 0 Å². The second-order valence-corrected chi connectivity index (χ2v) is 6.45. The average Bonchev–Trinajstić information content (AvgIpc) is 3.05. The predicted octanol–water partition coefficient (Wildman–Crippen LogP) is 3.98. The van der Waals surface area contributed by atoms with Gasteiger partial charge in [-0.05, 0) is 24.0 Å². The Labute approximate surface area is 132 Å². The van der Waals surface area contributed by atoms with Crippen LogP contribution in [-0.4, -0.2) is 16.5 Å². The third-order valence-corrected chi connectivity index (χ3v) is 5.00. The Morgan fingerprint density at radius 3 is 2.38 bits per heavy atom. The molecule has 0 amide bonds. The van der Waals surface area contributed by atoms with Gasteiger partial charge in [-0.3, -0.25) is 0 Å². The molecule has 0 spiro atoms. The zero-order valence-electron chi connectivity index (χ0n) is 11.6. The third-order valence-electron chi connectivity index (χ3n) is 3.20. The number of thioether (sulfide) groups is 1. The number of nitrogens with two attached hydrogens (primary N) is 1. The monoisotopic (exact) mass is 313 g/mol. The highest BCUT2D eigenvalue weighted by Gasteiger charge is 2.15. The van der Waals surface area contributed by atoms with Crippen molar-refractivity contribution in [2.75, 3.05) is 6.26 Å². The lowest BCUT2D eigenvalue weighted by Gasteiger charge is -2.06. The van der Waals surface area contributed by atoms with E-state index in [1.807, 2.05) is 30.3 Å². The van der Waals surface area contributed by atoms with Crippen molar-refractivity contribution in [2.24, 2.45) is 5.73 Å². The van der Waals surface area contributed by atoms with Crippen molar-refractivity contribution < 1.29 is 0 Å². The zero-order valence-corrected chi connectivity index (χ0v) is 13.2. The second-order valence-electron chi connectivity index (χ2n) is 4.56. The summed E-state index contributed by atoms with van der Waals surface area (Å²) in [6.07, 6.45) is 2.07. The van der Waals surface area contributed by atoms with Gasteiger partial charge in [0.25, 0.3) is 0 Å². The number of hydrogen-bond donors (Lipinski definition) is 1. The van der Waals surface area contributed by atoms with Crippen molar-refractivity contribution in [1.82, 2.24) is 10.2 Å². The second kappa shape index (κ2) is 6.39. The van der Waals surface area contributed by atoms with Gasteiger partial charge in [0, 0.05) is 10.5 Å². The summed E-state index contributed by atoms with van der Waals surface area (Å²) in [5.41, 5.74) is 8.39. The molecule has 3 nitrogen and oxygen atoms in total. The highest BCUT2D eigenvalue weighted by atomic mass is 32.2. The van der Waals surface area contributed by atoms with Crippen molar-refractivity contribution >= 4 is 23.1 Å². The molecule has 0 bridgehead atoms. The van der Waals surface area contributed by atoms with Gasteiger partial charge in [0.2, 0.25) is 0 Å². The molecule has 0 radical (unpaired) electrons. The maximum absolute atomic E-state index is 6.26. The molecule has 1 aromatic heterocycles. The van der Waals surface area contributed by atoms with Crippen LogP contribution in [0.15, 0.2) is 59.5 Å². The van der Waals surface area contributed by atoms with Gasteiger partial charge in [-0.25, -0.2) is 0 Å². The zero-order chi connectivity index (χ0) is 14.7. The van der Waals surface area contributed by atoms with Crippen molar-refractivity contribution in [3.63, 3.8) is 0 Å². The molecule has 106 valence electrons. The highest BCUT2D eigenvalue weighted by molar-refractivity contribution is 7.98. The molecular formula is C16H15N3S2. The Bertz CT molecular complexity index is 708. The van der Waals surface area contributed by atoms with Gasteiger partial charge in [0.15, 0.2) is 0 Å². The molecule has 5 heteroatoms. The molecule has 2 aromatic carbocycles. The Balaban J connectivity index is 1.85. The summed E-state index contributed by atoms with van der Waals surface area (Å²) in [4.78, 5) is 1.24. The number of benzene rings is 2. The number of aromatic nitrogens is 2. The Hall–Kier alpha value is -1.69. The standard InChI is InChI=1S/C16H15N3S2/c1-20-13-9-7-12(8-10-13)15-18-19-16(21-15)14(17)11-5-3-2-4-6-11/h2-10,14H,17H2,1H3. The van der Waals surface area contributed by atoms with Crippen molar-refractivity contribution in [2.45, 2.75) is 10.9 Å². The van der Waals surface area contributed by atoms with Gasteiger partial charge in [-0.2, -0.15) is 0 Å². The van der Waals surface area contributed by atoms with Crippen molar-refractivity contribution in [3.8, 4) is 10.6 Å². The van der Waals surface area contributed by atoms with Gasteiger partial charge in [-0.1, -0.05) is 53.8 Å². The molecule has 3 rings (SSSR count). The lowest BCUT2D eigenvalue weighted by molar-refractivity contribution is 0.831. The van der Waals surface area contributed by atoms with E-state index in [1.54, 1.807) is 23.1 Å². The maximum Gasteiger partial charge on any atom is 0.147 e. The first-order valence-electron chi connectivity index (χ1n) is 6.56. The minimum Gasteiger partial charge on any atom is -0.318 e. The summed E-state index contributed by atoms with van der Waals surface area (Å²) in [6.45, 7) is 0. The Morgan fingerprint density at radius 1 is 1.00 bits per heavy atom. The van der Waals surface area contributed by atoms with Crippen LogP contribution >= 0.6 is 23.1 Å². The average molecular weight is 313 g/mol. The topological polar surface area (TPSA) is 51.8 Å². The molecular weight excluding hydrogens is 298 g/mol. The molecule has 21 heavy (non-hydrogen) atoms. The van der Waals surface area contributed by atoms with E-state index in [-0.39, 0.29) is 6.04 Å². The van der Waals surface area contributed by atoms with E-state index in [9.17, 15) is 0 Å². The van der Waals surface area contributed by atoms with E-state index < -0.39 is 0 Å². The summed E-state index contributed by atoms with van der Waals surface area (Å²) < 4.78 is 0. The molecule has 1 unspecified atom stereocenters. The van der Waals surface area contributed by atoms with E-state index in [4.69, 9.17) is 5.73 Å². The van der Waals surface area contributed by atoms with Crippen LogP contribution in [0.1, 0.15) is 16.6 Å². The fourth-order valence-corrected chi connectivity index (χ4v) is 3.30. The number of nitrogens with zero attached hydrogens (tertiary/aromatic N) is 2. The van der Waals surface area contributed by atoms with Crippen LogP contribution in [0.2, 0.25) is 0 Å². The minimum atomic E-state index is -0.220. The predicted molar refractivity (Wildman–Crippen MR) is 89.6 cm³/mol. The van der Waals surface area contributed by atoms with E-state index >= 15 is 0 Å². The van der Waals surface area contributed by atoms with Gasteiger partial charge in [0.1, 0.15) is 10.0 Å². The maximum atomic E-state index is 6.26. The van der Waals surface area contributed by atoms with E-state index in [2.05, 4.69) is 40.7 Å². The van der Waals surface area contributed by atoms with Gasteiger partial charge < -0.3 is 5.73 Å². The number of hydrogen-bond acceptors (Lipinski definition) is 5. The van der Waals surface area contributed by atoms with Crippen LogP contribution in [0.4, 0.5) is 0 Å². The smallest absolute Gasteiger partial charge is 0.147 e. The van der Waals surface area contributed by atoms with Crippen LogP contribution in [0.25, 0.3) is 10.6 Å². The molecule has 1 atom stereocenters. The van der Waals surface area contributed by atoms with E-state index in [0.29, 0.717) is 0 Å². The Kier molecular flexibility index (Phi) is 4.34. The van der Waals surface area contributed by atoms with Gasteiger partial charge in [-0.15, -0.1) is 22.0 Å². The minimum absolute atomic E-state index is 0.220. The molecule has 3 aromatic rings. The summed E-state index contributed by atoms with van der Waals surface area (Å²) >= 11 is 3.28. The fraction of sp³-hybridized carbons (Fsp3) is 0.125. The summed E-state index contributed by atoms with van der Waals surface area (Å²) in [7, 11) is 0. The third kappa shape index (κ3) is 3.15. The van der Waals surface area contributed by atoms with Crippen molar-refractivity contribution in [3.05, 3.63) is 65.2 Å². The summed E-state index contributed by atoms with van der Waals surface area (Å²) in [6, 6.07) is 18.1. The molecule has 2 N–H and O–H groups in total. The fourth-order valence-electron chi connectivity index (χ4n) is 2.01. The molecule has 0 aliphatic rings. The first-order chi connectivity index (χ1) is 10.3. The highest BCUT2D eigenvalue weighted by Crippen LogP contribution is 2.29. The summed E-state index contributed by atoms with van der Waals surface area (Å²) in [5.74, 6) is 0. The number of rotatable bonds is 4. The molecule has 0 saturated carbocycles. The lowest BCUT2D eigenvalue weighted by Crippen LogP contribution is -2.11. The van der Waals surface area contributed by atoms with E-state index in [0.717, 1.165) is 21.1 Å². The van der Waals surface area contributed by atoms with Crippen LogP contribution in [-0.2, 0) is 0 Å². The molecule has 0 aliphatic heterocycles. The van der Waals surface area contributed by atoms with Gasteiger partial charge >= 0.3 is 0 Å². The van der Waals surface area contributed by atoms with Crippen LogP contribution in [0.5, 0.6) is 0 Å². The largest absolute Gasteiger partial charge is 0.318 e. The first kappa shape index (κ1) is 14.3. The normalized spacial score (nSPS) is 12.3. The molecule has 0 aliphatic carbocycles. The van der Waals surface area contributed by atoms with E-state index in [1.165, 1.54) is 4.90 Å². The van der Waals surface area contributed by atoms with Gasteiger partial charge in [0.05, 0.1) is 6.04 Å². The van der Waals surface area contributed by atoms with Crippen LogP contribution < -0.4 is 5.73 Å². The van der Waals surface area contributed by atoms with Crippen LogP contribution in [0, 0.1) is 0 Å².